The summed E-state index contributed by atoms with van der Waals surface area (Å²) in [5.41, 5.74) is 7.38. The second-order valence-electron chi connectivity index (χ2n) is 4.00. The Morgan fingerprint density at radius 3 is 2.47 bits per heavy atom. The van der Waals surface area contributed by atoms with Gasteiger partial charge in [0.25, 0.3) is 0 Å². The molecule has 0 spiro atoms. The van der Waals surface area contributed by atoms with E-state index < -0.39 is 9.84 Å². The first-order chi connectivity index (χ1) is 7.04. The molecule has 1 saturated carbocycles. The van der Waals surface area contributed by atoms with Crippen LogP contribution in [-0.2, 0) is 9.84 Å². The molecule has 1 fully saturated rings. The van der Waals surface area contributed by atoms with E-state index in [-0.39, 0.29) is 16.9 Å². The van der Waals surface area contributed by atoms with Gasteiger partial charge in [0, 0.05) is 17.4 Å². The van der Waals surface area contributed by atoms with Crippen molar-refractivity contribution in [3.63, 3.8) is 0 Å². The first-order valence-electron chi connectivity index (χ1n) is 5.11. The minimum atomic E-state index is -2.86. The summed E-state index contributed by atoms with van der Waals surface area (Å²) in [4.78, 5) is 0. The standard InChI is InChI=1S/C11H15NO2S/c1-2-15(13,14)11-7-10(11)8-3-5-9(12)6-4-8/h3-6,10-11H,2,7,12H2,1H3. The summed E-state index contributed by atoms with van der Waals surface area (Å²) in [5, 5.41) is -0.161. The Labute approximate surface area is 90.2 Å². The molecule has 1 aromatic carbocycles. The molecule has 0 aliphatic heterocycles. The molecule has 0 heterocycles. The zero-order chi connectivity index (χ0) is 11.1. The lowest BCUT2D eigenvalue weighted by Crippen LogP contribution is -2.10. The highest BCUT2D eigenvalue weighted by molar-refractivity contribution is 7.92. The molecule has 1 aromatic rings. The molecule has 0 saturated heterocycles. The molecule has 1 aliphatic rings. The molecule has 0 bridgehead atoms. The highest BCUT2D eigenvalue weighted by Crippen LogP contribution is 2.46. The quantitative estimate of drug-likeness (QED) is 0.794. The van der Waals surface area contributed by atoms with E-state index in [0.29, 0.717) is 5.69 Å². The summed E-state index contributed by atoms with van der Waals surface area (Å²) in [5.74, 6) is 0.430. The number of hydrogen-bond acceptors (Lipinski definition) is 3. The number of hydrogen-bond donors (Lipinski definition) is 1. The Balaban J connectivity index is 2.15. The topological polar surface area (TPSA) is 60.2 Å². The van der Waals surface area contributed by atoms with E-state index in [1.54, 1.807) is 6.92 Å². The van der Waals surface area contributed by atoms with Crippen molar-refractivity contribution in [2.45, 2.75) is 24.5 Å². The molecule has 0 amide bonds. The summed E-state index contributed by atoms with van der Waals surface area (Å²) in [6.07, 6.45) is 0.764. The SMILES string of the molecule is CCS(=O)(=O)C1CC1c1ccc(N)cc1. The summed E-state index contributed by atoms with van der Waals surface area (Å²) in [6, 6.07) is 7.49. The van der Waals surface area contributed by atoms with E-state index in [4.69, 9.17) is 5.73 Å². The van der Waals surface area contributed by atoms with Crippen LogP contribution in [0.4, 0.5) is 5.69 Å². The van der Waals surface area contributed by atoms with Gasteiger partial charge in [-0.05, 0) is 24.1 Å². The van der Waals surface area contributed by atoms with Crippen molar-refractivity contribution in [1.29, 1.82) is 0 Å². The predicted octanol–water partition coefficient (Wildman–Crippen LogP) is 1.56. The number of benzene rings is 1. The predicted molar refractivity (Wildman–Crippen MR) is 61.5 cm³/mol. The van der Waals surface area contributed by atoms with Gasteiger partial charge in [-0.3, -0.25) is 0 Å². The summed E-state index contributed by atoms with van der Waals surface area (Å²) in [7, 11) is -2.86. The van der Waals surface area contributed by atoms with Crippen LogP contribution in [-0.4, -0.2) is 19.4 Å². The lowest BCUT2D eigenvalue weighted by molar-refractivity contribution is 0.595. The van der Waals surface area contributed by atoms with Gasteiger partial charge >= 0.3 is 0 Å². The smallest absolute Gasteiger partial charge is 0.153 e. The first kappa shape index (κ1) is 10.5. The lowest BCUT2D eigenvalue weighted by Gasteiger charge is -2.01. The summed E-state index contributed by atoms with van der Waals surface area (Å²) in [6.45, 7) is 1.70. The Kier molecular flexibility index (Phi) is 2.46. The molecule has 0 aromatic heterocycles. The van der Waals surface area contributed by atoms with Crippen molar-refractivity contribution in [2.75, 3.05) is 11.5 Å². The highest BCUT2D eigenvalue weighted by atomic mass is 32.2. The molecule has 4 heteroatoms. The fraction of sp³-hybridized carbons (Fsp3) is 0.455. The third-order valence-electron chi connectivity index (χ3n) is 2.96. The molecule has 1 aliphatic carbocycles. The van der Waals surface area contributed by atoms with Crippen LogP contribution in [0.5, 0.6) is 0 Å². The Hall–Kier alpha value is -1.03. The van der Waals surface area contributed by atoms with Crippen LogP contribution in [0.1, 0.15) is 24.8 Å². The molecule has 15 heavy (non-hydrogen) atoms. The normalized spacial score (nSPS) is 25.1. The zero-order valence-corrected chi connectivity index (χ0v) is 9.50. The Bertz CT molecular complexity index is 450. The first-order valence-corrected chi connectivity index (χ1v) is 6.83. The number of anilines is 1. The minimum Gasteiger partial charge on any atom is -0.399 e. The van der Waals surface area contributed by atoms with Gasteiger partial charge in [0.05, 0.1) is 5.25 Å². The third kappa shape index (κ3) is 2.00. The minimum absolute atomic E-state index is 0.161. The number of sulfone groups is 1. The van der Waals surface area contributed by atoms with Crippen LogP contribution >= 0.6 is 0 Å². The number of rotatable bonds is 3. The summed E-state index contributed by atoms with van der Waals surface area (Å²) >= 11 is 0. The molecule has 2 N–H and O–H groups in total. The highest BCUT2D eigenvalue weighted by Gasteiger charge is 2.46. The average molecular weight is 225 g/mol. The van der Waals surface area contributed by atoms with Gasteiger partial charge < -0.3 is 5.73 Å². The van der Waals surface area contributed by atoms with E-state index in [1.807, 2.05) is 24.3 Å². The van der Waals surface area contributed by atoms with Crippen molar-refractivity contribution in [2.24, 2.45) is 0 Å². The average Bonchev–Trinajstić information content (AvgIpc) is 2.99. The molecule has 2 atom stereocenters. The van der Waals surface area contributed by atoms with Crippen LogP contribution < -0.4 is 5.73 Å². The number of nitrogens with two attached hydrogens (primary N) is 1. The Morgan fingerprint density at radius 1 is 1.33 bits per heavy atom. The van der Waals surface area contributed by atoms with Gasteiger partial charge in [0.1, 0.15) is 0 Å². The summed E-state index contributed by atoms with van der Waals surface area (Å²) < 4.78 is 23.2. The van der Waals surface area contributed by atoms with Crippen molar-refractivity contribution in [3.8, 4) is 0 Å². The fourth-order valence-electron chi connectivity index (χ4n) is 1.88. The van der Waals surface area contributed by atoms with Crippen molar-refractivity contribution < 1.29 is 8.42 Å². The van der Waals surface area contributed by atoms with Gasteiger partial charge in [0.15, 0.2) is 9.84 Å². The van der Waals surface area contributed by atoms with E-state index in [0.717, 1.165) is 12.0 Å². The largest absolute Gasteiger partial charge is 0.399 e. The maximum Gasteiger partial charge on any atom is 0.153 e. The second kappa shape index (κ2) is 3.52. The molecular weight excluding hydrogens is 210 g/mol. The molecule has 3 nitrogen and oxygen atoms in total. The Morgan fingerprint density at radius 2 is 1.93 bits per heavy atom. The molecule has 2 rings (SSSR count). The molecule has 0 radical (unpaired) electrons. The number of nitrogen functional groups attached to an aromatic ring is 1. The van der Waals surface area contributed by atoms with E-state index >= 15 is 0 Å². The lowest BCUT2D eigenvalue weighted by atomic mass is 10.1. The maximum absolute atomic E-state index is 11.6. The van der Waals surface area contributed by atoms with Gasteiger partial charge in [-0.25, -0.2) is 8.42 Å². The van der Waals surface area contributed by atoms with E-state index in [1.165, 1.54) is 0 Å². The molecular formula is C11H15NO2S. The maximum atomic E-state index is 11.6. The van der Waals surface area contributed by atoms with Crippen molar-refractivity contribution >= 4 is 15.5 Å². The van der Waals surface area contributed by atoms with Crippen molar-refractivity contribution in [1.82, 2.24) is 0 Å². The van der Waals surface area contributed by atoms with Crippen molar-refractivity contribution in [3.05, 3.63) is 29.8 Å². The fourth-order valence-corrected chi connectivity index (χ4v) is 3.46. The van der Waals surface area contributed by atoms with Crippen LogP contribution in [0.15, 0.2) is 24.3 Å². The van der Waals surface area contributed by atoms with Gasteiger partial charge in [-0.15, -0.1) is 0 Å². The van der Waals surface area contributed by atoms with E-state index in [9.17, 15) is 8.42 Å². The van der Waals surface area contributed by atoms with E-state index in [2.05, 4.69) is 0 Å². The van der Waals surface area contributed by atoms with Gasteiger partial charge in [-0.2, -0.15) is 0 Å². The van der Waals surface area contributed by atoms with Gasteiger partial charge in [-0.1, -0.05) is 19.1 Å². The molecule has 2 unspecified atom stereocenters. The second-order valence-corrected chi connectivity index (χ2v) is 6.51. The monoisotopic (exact) mass is 225 g/mol. The van der Waals surface area contributed by atoms with Crippen LogP contribution in [0.25, 0.3) is 0 Å². The van der Waals surface area contributed by atoms with Gasteiger partial charge in [0.2, 0.25) is 0 Å². The molecule has 82 valence electrons. The van der Waals surface area contributed by atoms with Crippen LogP contribution in [0.3, 0.4) is 0 Å². The van der Waals surface area contributed by atoms with Crippen LogP contribution in [0.2, 0.25) is 0 Å². The zero-order valence-electron chi connectivity index (χ0n) is 8.68. The third-order valence-corrected chi connectivity index (χ3v) is 5.21. The van der Waals surface area contributed by atoms with Crippen LogP contribution in [0, 0.1) is 0 Å².